The van der Waals surface area contributed by atoms with Crippen LogP contribution in [0.2, 0.25) is 0 Å². The minimum atomic E-state index is -0.618. The van der Waals surface area contributed by atoms with Gasteiger partial charge in [0, 0.05) is 6.42 Å². The lowest BCUT2D eigenvalue weighted by atomic mass is 9.42. The fourth-order valence-electron chi connectivity index (χ4n) is 9.10. The highest BCUT2D eigenvalue weighted by molar-refractivity contribution is 5.66. The summed E-state index contributed by atoms with van der Waals surface area (Å²) in [6.45, 7) is 7.74. The Morgan fingerprint density at radius 1 is 0.963 bits per heavy atom. The van der Waals surface area contributed by atoms with Crippen molar-refractivity contribution in [3.63, 3.8) is 0 Å². The standard InChI is InChI=1S/C25H42O2/c1-4-17-16-19-21-12-11-18(8-7-10-23(26)27)24(21,2)15-13-22(19)25(3)14-6-5-9-20(17)25/h17-22H,4-16H2,1-3H3,(H,26,27)/t17-,18?,19?,20?,21?,22-,24?,25?/m0/s1. The molecule has 154 valence electrons. The summed E-state index contributed by atoms with van der Waals surface area (Å²) in [7, 11) is 0. The Morgan fingerprint density at radius 3 is 2.48 bits per heavy atom. The van der Waals surface area contributed by atoms with Gasteiger partial charge < -0.3 is 5.11 Å². The van der Waals surface area contributed by atoms with Crippen LogP contribution in [-0.2, 0) is 4.79 Å². The number of hydrogen-bond acceptors (Lipinski definition) is 1. The molecule has 0 saturated heterocycles. The van der Waals surface area contributed by atoms with Crippen LogP contribution in [0.5, 0.6) is 0 Å². The van der Waals surface area contributed by atoms with Crippen molar-refractivity contribution in [3.05, 3.63) is 0 Å². The summed E-state index contributed by atoms with van der Waals surface area (Å²) in [6, 6.07) is 0. The average molecular weight is 375 g/mol. The zero-order valence-corrected chi connectivity index (χ0v) is 18.0. The van der Waals surface area contributed by atoms with E-state index in [4.69, 9.17) is 5.11 Å². The maximum absolute atomic E-state index is 11.0. The molecule has 0 heterocycles. The predicted molar refractivity (Wildman–Crippen MR) is 110 cm³/mol. The third kappa shape index (κ3) is 3.18. The van der Waals surface area contributed by atoms with Gasteiger partial charge in [0.05, 0.1) is 0 Å². The van der Waals surface area contributed by atoms with Crippen molar-refractivity contribution in [2.24, 2.45) is 46.3 Å². The molecule has 4 rings (SSSR count). The second-order valence-corrected chi connectivity index (χ2v) is 11.2. The van der Waals surface area contributed by atoms with Crippen LogP contribution in [0.1, 0.15) is 104 Å². The van der Waals surface area contributed by atoms with E-state index in [9.17, 15) is 4.79 Å². The van der Waals surface area contributed by atoms with Crippen molar-refractivity contribution in [3.8, 4) is 0 Å². The first-order chi connectivity index (χ1) is 12.9. The Balaban J connectivity index is 1.54. The first kappa shape index (κ1) is 19.8. The first-order valence-electron chi connectivity index (χ1n) is 12.1. The predicted octanol–water partition coefficient (Wildman–Crippen LogP) is 6.93. The smallest absolute Gasteiger partial charge is 0.303 e. The highest BCUT2D eigenvalue weighted by Gasteiger charge is 2.60. The fraction of sp³-hybridized carbons (Fsp3) is 0.960. The van der Waals surface area contributed by atoms with E-state index < -0.39 is 5.97 Å². The van der Waals surface area contributed by atoms with Gasteiger partial charge in [0.1, 0.15) is 0 Å². The van der Waals surface area contributed by atoms with E-state index in [-0.39, 0.29) is 0 Å². The maximum Gasteiger partial charge on any atom is 0.303 e. The molecule has 2 heteroatoms. The van der Waals surface area contributed by atoms with Crippen LogP contribution in [0.25, 0.3) is 0 Å². The lowest BCUT2D eigenvalue weighted by Crippen LogP contribution is -2.55. The minimum Gasteiger partial charge on any atom is -0.481 e. The molecule has 1 N–H and O–H groups in total. The molecule has 0 aromatic carbocycles. The minimum absolute atomic E-state index is 0.362. The van der Waals surface area contributed by atoms with Crippen molar-refractivity contribution in [2.45, 2.75) is 104 Å². The molecule has 0 radical (unpaired) electrons. The number of aliphatic carboxylic acids is 1. The highest BCUT2D eigenvalue weighted by atomic mass is 16.4. The van der Waals surface area contributed by atoms with E-state index in [1.165, 1.54) is 64.2 Å². The Hall–Kier alpha value is -0.530. The van der Waals surface area contributed by atoms with Gasteiger partial charge in [-0.1, -0.05) is 40.0 Å². The molecule has 2 nitrogen and oxygen atoms in total. The van der Waals surface area contributed by atoms with Crippen LogP contribution < -0.4 is 0 Å². The third-order valence-corrected chi connectivity index (χ3v) is 10.4. The van der Waals surface area contributed by atoms with Gasteiger partial charge in [-0.05, 0) is 104 Å². The number of carboxylic acid groups (broad SMARTS) is 1. The lowest BCUT2D eigenvalue weighted by molar-refractivity contribution is -0.138. The number of hydrogen-bond donors (Lipinski definition) is 1. The van der Waals surface area contributed by atoms with Crippen LogP contribution in [0.4, 0.5) is 0 Å². The Bertz CT molecular complexity index is 557. The second kappa shape index (κ2) is 7.38. The summed E-state index contributed by atoms with van der Waals surface area (Å²) < 4.78 is 0. The molecule has 0 amide bonds. The molecule has 0 aromatic rings. The molecule has 4 saturated carbocycles. The van der Waals surface area contributed by atoms with E-state index in [1.807, 2.05) is 0 Å². The summed E-state index contributed by atoms with van der Waals surface area (Å²) in [5.41, 5.74) is 1.11. The van der Waals surface area contributed by atoms with Crippen molar-refractivity contribution in [1.82, 2.24) is 0 Å². The Morgan fingerprint density at radius 2 is 1.74 bits per heavy atom. The van der Waals surface area contributed by atoms with Crippen molar-refractivity contribution in [2.75, 3.05) is 0 Å². The zero-order chi connectivity index (χ0) is 19.2. The molecule has 0 aliphatic heterocycles. The summed E-state index contributed by atoms with van der Waals surface area (Å²) >= 11 is 0. The summed E-state index contributed by atoms with van der Waals surface area (Å²) in [5, 5.41) is 9.03. The van der Waals surface area contributed by atoms with Crippen molar-refractivity contribution in [1.29, 1.82) is 0 Å². The van der Waals surface area contributed by atoms with Crippen molar-refractivity contribution < 1.29 is 9.90 Å². The molecule has 4 aliphatic rings. The summed E-state index contributed by atoms with van der Waals surface area (Å²) in [6.07, 6.45) is 16.9. The molecule has 0 bridgehead atoms. The Kier molecular flexibility index (Phi) is 5.40. The molecular formula is C25H42O2. The lowest BCUT2D eigenvalue weighted by Gasteiger charge is -2.62. The van der Waals surface area contributed by atoms with E-state index in [1.54, 1.807) is 0 Å². The Labute approximate surface area is 166 Å². The quantitative estimate of drug-likeness (QED) is 0.566. The van der Waals surface area contributed by atoms with E-state index in [0.29, 0.717) is 17.3 Å². The fourth-order valence-corrected chi connectivity index (χ4v) is 9.10. The van der Waals surface area contributed by atoms with Gasteiger partial charge in [0.2, 0.25) is 0 Å². The molecule has 0 aromatic heterocycles. The van der Waals surface area contributed by atoms with Crippen LogP contribution in [0, 0.1) is 46.3 Å². The molecular weight excluding hydrogens is 332 g/mol. The zero-order valence-electron chi connectivity index (χ0n) is 18.0. The van der Waals surface area contributed by atoms with Gasteiger partial charge in [-0.2, -0.15) is 0 Å². The first-order valence-corrected chi connectivity index (χ1v) is 12.1. The molecule has 8 atom stereocenters. The van der Waals surface area contributed by atoms with E-state index in [2.05, 4.69) is 20.8 Å². The summed E-state index contributed by atoms with van der Waals surface area (Å²) in [4.78, 5) is 11.0. The SMILES string of the molecule is CC[C@H]1CC2C3CCC(CCCC(=O)O)C3(C)CC[C@@H]2C2(C)CCCCC12. The largest absolute Gasteiger partial charge is 0.481 e. The second-order valence-electron chi connectivity index (χ2n) is 11.2. The van der Waals surface area contributed by atoms with Crippen LogP contribution in [-0.4, -0.2) is 11.1 Å². The summed E-state index contributed by atoms with van der Waals surface area (Å²) in [5.74, 6) is 4.96. The molecule has 6 unspecified atom stereocenters. The van der Waals surface area contributed by atoms with Crippen LogP contribution in [0.3, 0.4) is 0 Å². The van der Waals surface area contributed by atoms with Gasteiger partial charge in [-0.15, -0.1) is 0 Å². The van der Waals surface area contributed by atoms with E-state index in [0.717, 1.165) is 48.3 Å². The van der Waals surface area contributed by atoms with Crippen LogP contribution >= 0.6 is 0 Å². The number of rotatable bonds is 5. The van der Waals surface area contributed by atoms with E-state index >= 15 is 0 Å². The van der Waals surface area contributed by atoms with Gasteiger partial charge >= 0.3 is 5.97 Å². The number of carbonyl (C=O) groups is 1. The topological polar surface area (TPSA) is 37.3 Å². The molecule has 0 spiro atoms. The molecule has 4 aliphatic carbocycles. The number of carboxylic acids is 1. The monoisotopic (exact) mass is 374 g/mol. The number of fused-ring (bicyclic) bond motifs is 5. The molecule has 27 heavy (non-hydrogen) atoms. The van der Waals surface area contributed by atoms with Gasteiger partial charge in [-0.3, -0.25) is 4.79 Å². The van der Waals surface area contributed by atoms with Crippen LogP contribution in [0.15, 0.2) is 0 Å². The van der Waals surface area contributed by atoms with Gasteiger partial charge in [0.15, 0.2) is 0 Å². The van der Waals surface area contributed by atoms with Crippen molar-refractivity contribution >= 4 is 5.97 Å². The molecule has 4 fully saturated rings. The third-order valence-electron chi connectivity index (χ3n) is 10.4. The normalized spacial score (nSPS) is 49.1. The van der Waals surface area contributed by atoms with Gasteiger partial charge in [-0.25, -0.2) is 0 Å². The maximum atomic E-state index is 11.0. The van der Waals surface area contributed by atoms with Gasteiger partial charge in [0.25, 0.3) is 0 Å². The average Bonchev–Trinajstić information content (AvgIpc) is 2.97. The highest BCUT2D eigenvalue weighted by Crippen LogP contribution is 2.69.